The molecule has 1 atom stereocenters. The highest BCUT2D eigenvalue weighted by atomic mass is 19.1. The maximum absolute atomic E-state index is 13.4. The van der Waals surface area contributed by atoms with E-state index in [1.807, 2.05) is 6.07 Å². The Morgan fingerprint density at radius 3 is 2.65 bits per heavy atom. The van der Waals surface area contributed by atoms with Gasteiger partial charge in [-0.15, -0.1) is 0 Å². The van der Waals surface area contributed by atoms with Crippen molar-refractivity contribution in [2.75, 3.05) is 26.2 Å². The molecule has 0 radical (unpaired) electrons. The second kappa shape index (κ2) is 6.45. The van der Waals surface area contributed by atoms with Crippen LogP contribution >= 0.6 is 0 Å². The summed E-state index contributed by atoms with van der Waals surface area (Å²) >= 11 is 0. The molecule has 3 rings (SSSR count). The Morgan fingerprint density at radius 2 is 2.04 bits per heavy atom. The molecule has 1 saturated heterocycles. The predicted molar refractivity (Wildman–Crippen MR) is 81.3 cm³/mol. The minimum absolute atomic E-state index is 0.106. The van der Waals surface area contributed by atoms with Gasteiger partial charge in [0, 0.05) is 39.1 Å². The predicted octanol–water partition coefficient (Wildman–Crippen LogP) is 2.04. The first-order valence-electron chi connectivity index (χ1n) is 7.63. The molecule has 6 nitrogen and oxygen atoms in total. The van der Waals surface area contributed by atoms with Crippen LogP contribution in [-0.4, -0.2) is 52.0 Å². The summed E-state index contributed by atoms with van der Waals surface area (Å²) in [4.78, 5) is 20.2. The number of benzene rings is 1. The summed E-state index contributed by atoms with van der Waals surface area (Å²) in [5.74, 6) is 0.0522. The minimum atomic E-state index is -0.226. The average Bonchev–Trinajstić information content (AvgIpc) is 3.00. The van der Waals surface area contributed by atoms with Crippen LogP contribution in [-0.2, 0) is 0 Å². The molecule has 1 aromatic heterocycles. The molecule has 1 fully saturated rings. The number of nitrogens with zero attached hydrogens (tertiary/aromatic N) is 4. The van der Waals surface area contributed by atoms with E-state index in [2.05, 4.69) is 22.0 Å². The second-order valence-corrected chi connectivity index (χ2v) is 5.70. The van der Waals surface area contributed by atoms with Gasteiger partial charge >= 0.3 is 0 Å². The van der Waals surface area contributed by atoms with Crippen molar-refractivity contribution in [3.05, 3.63) is 47.4 Å². The van der Waals surface area contributed by atoms with Crippen molar-refractivity contribution in [2.45, 2.75) is 19.9 Å². The number of aromatic nitrogens is 2. The summed E-state index contributed by atoms with van der Waals surface area (Å²) in [7, 11) is 0. The summed E-state index contributed by atoms with van der Waals surface area (Å²) < 4.78 is 18.2. The van der Waals surface area contributed by atoms with Crippen LogP contribution in [0.3, 0.4) is 0 Å². The van der Waals surface area contributed by atoms with Crippen molar-refractivity contribution in [2.24, 2.45) is 0 Å². The molecule has 0 aliphatic carbocycles. The number of hydrogen-bond donors (Lipinski definition) is 0. The molecule has 2 aromatic rings. The number of piperazine rings is 1. The largest absolute Gasteiger partial charge is 0.339 e. The monoisotopic (exact) mass is 318 g/mol. The number of aryl methyl sites for hydroxylation is 1. The molecule has 1 aliphatic rings. The van der Waals surface area contributed by atoms with Crippen LogP contribution in [0.15, 0.2) is 28.8 Å². The van der Waals surface area contributed by atoms with Gasteiger partial charge in [0.05, 0.1) is 0 Å². The first-order chi connectivity index (χ1) is 11.0. The molecule has 0 spiro atoms. The molecule has 122 valence electrons. The Balaban J connectivity index is 1.61. The second-order valence-electron chi connectivity index (χ2n) is 5.70. The van der Waals surface area contributed by atoms with Gasteiger partial charge in [-0.3, -0.25) is 9.69 Å². The number of halogens is 1. The third-order valence-corrected chi connectivity index (χ3v) is 4.20. The molecule has 23 heavy (non-hydrogen) atoms. The highest BCUT2D eigenvalue weighted by Gasteiger charge is 2.27. The first kappa shape index (κ1) is 15.6. The molecule has 1 aromatic carbocycles. The van der Waals surface area contributed by atoms with Gasteiger partial charge in [0.25, 0.3) is 11.7 Å². The average molecular weight is 318 g/mol. The van der Waals surface area contributed by atoms with Gasteiger partial charge in [0.1, 0.15) is 5.82 Å². The third-order valence-electron chi connectivity index (χ3n) is 4.20. The zero-order valence-corrected chi connectivity index (χ0v) is 13.2. The molecule has 1 aliphatic heterocycles. The lowest BCUT2D eigenvalue weighted by Gasteiger charge is -2.37. The van der Waals surface area contributed by atoms with Gasteiger partial charge in [0.2, 0.25) is 5.89 Å². The van der Waals surface area contributed by atoms with Crippen LogP contribution in [0, 0.1) is 12.7 Å². The summed E-state index contributed by atoms with van der Waals surface area (Å²) in [5, 5.41) is 3.67. The number of carbonyl (C=O) groups excluding carboxylic acids is 1. The molecule has 1 amide bonds. The smallest absolute Gasteiger partial charge is 0.295 e. The van der Waals surface area contributed by atoms with Gasteiger partial charge in [-0.1, -0.05) is 17.3 Å². The molecule has 7 heteroatoms. The van der Waals surface area contributed by atoms with E-state index in [1.54, 1.807) is 24.0 Å². The molecule has 2 heterocycles. The van der Waals surface area contributed by atoms with E-state index in [4.69, 9.17) is 4.52 Å². The van der Waals surface area contributed by atoms with Crippen molar-refractivity contribution in [3.63, 3.8) is 0 Å². The maximum atomic E-state index is 13.4. The van der Waals surface area contributed by atoms with E-state index >= 15 is 0 Å². The Labute approximate surface area is 133 Å². The minimum Gasteiger partial charge on any atom is -0.339 e. The van der Waals surface area contributed by atoms with Gasteiger partial charge < -0.3 is 9.42 Å². The van der Waals surface area contributed by atoms with Crippen LogP contribution in [0.25, 0.3) is 0 Å². The SMILES string of the molecule is Cc1nc(C(=O)N2CCN(C(C)c3cccc(F)c3)CC2)no1. The maximum Gasteiger partial charge on any atom is 0.295 e. The van der Waals surface area contributed by atoms with E-state index in [-0.39, 0.29) is 23.6 Å². The molecular formula is C16H19FN4O2. The van der Waals surface area contributed by atoms with Gasteiger partial charge in [-0.2, -0.15) is 4.98 Å². The number of rotatable bonds is 3. The summed E-state index contributed by atoms with van der Waals surface area (Å²) in [5.41, 5.74) is 0.943. The molecular weight excluding hydrogens is 299 g/mol. The number of hydrogen-bond acceptors (Lipinski definition) is 5. The van der Waals surface area contributed by atoms with Crippen LogP contribution in [0.1, 0.15) is 35.0 Å². The fourth-order valence-electron chi connectivity index (χ4n) is 2.82. The van der Waals surface area contributed by atoms with E-state index in [0.717, 1.165) is 18.7 Å². The van der Waals surface area contributed by atoms with Gasteiger partial charge in [0.15, 0.2) is 0 Å². The van der Waals surface area contributed by atoms with Crippen molar-refractivity contribution in [3.8, 4) is 0 Å². The highest BCUT2D eigenvalue weighted by Crippen LogP contribution is 2.22. The van der Waals surface area contributed by atoms with Gasteiger partial charge in [-0.05, 0) is 24.6 Å². The van der Waals surface area contributed by atoms with Crippen molar-refractivity contribution in [1.82, 2.24) is 19.9 Å². The standard InChI is InChI=1S/C16H19FN4O2/c1-11(13-4-3-5-14(17)10-13)20-6-8-21(9-7-20)16(22)15-18-12(2)23-19-15/h3-5,10-11H,6-9H2,1-2H3. The van der Waals surface area contributed by atoms with Crippen LogP contribution in [0.4, 0.5) is 4.39 Å². The first-order valence-corrected chi connectivity index (χ1v) is 7.63. The van der Waals surface area contributed by atoms with Crippen molar-refractivity contribution in [1.29, 1.82) is 0 Å². The zero-order chi connectivity index (χ0) is 16.4. The molecule has 0 N–H and O–H groups in total. The van der Waals surface area contributed by atoms with E-state index in [0.29, 0.717) is 19.0 Å². The normalized spacial score (nSPS) is 17.3. The molecule has 1 unspecified atom stereocenters. The lowest BCUT2D eigenvalue weighted by atomic mass is 10.1. The Morgan fingerprint density at radius 1 is 1.30 bits per heavy atom. The van der Waals surface area contributed by atoms with E-state index in [9.17, 15) is 9.18 Å². The van der Waals surface area contributed by atoms with Crippen LogP contribution in [0.5, 0.6) is 0 Å². The Kier molecular flexibility index (Phi) is 4.38. The number of carbonyl (C=O) groups is 1. The Bertz CT molecular complexity index is 695. The Hall–Kier alpha value is -2.28. The number of amides is 1. The van der Waals surface area contributed by atoms with Crippen molar-refractivity contribution >= 4 is 5.91 Å². The van der Waals surface area contributed by atoms with Gasteiger partial charge in [-0.25, -0.2) is 4.39 Å². The van der Waals surface area contributed by atoms with E-state index < -0.39 is 0 Å². The highest BCUT2D eigenvalue weighted by molar-refractivity contribution is 5.90. The third kappa shape index (κ3) is 3.39. The van der Waals surface area contributed by atoms with E-state index in [1.165, 1.54) is 6.07 Å². The summed E-state index contributed by atoms with van der Waals surface area (Å²) in [6.45, 7) is 6.33. The van der Waals surface area contributed by atoms with Crippen molar-refractivity contribution < 1.29 is 13.7 Å². The fraction of sp³-hybridized carbons (Fsp3) is 0.438. The lowest BCUT2D eigenvalue weighted by molar-refractivity contribution is 0.0567. The zero-order valence-electron chi connectivity index (χ0n) is 13.2. The van der Waals surface area contributed by atoms with Crippen LogP contribution < -0.4 is 0 Å². The van der Waals surface area contributed by atoms with Crippen LogP contribution in [0.2, 0.25) is 0 Å². The summed E-state index contributed by atoms with van der Waals surface area (Å²) in [6, 6.07) is 6.76. The lowest BCUT2D eigenvalue weighted by Crippen LogP contribution is -2.49. The summed E-state index contributed by atoms with van der Waals surface area (Å²) in [6.07, 6.45) is 0. The molecule has 0 saturated carbocycles. The quantitative estimate of drug-likeness (QED) is 0.866. The topological polar surface area (TPSA) is 62.5 Å². The molecule has 0 bridgehead atoms. The fourth-order valence-corrected chi connectivity index (χ4v) is 2.82.